The van der Waals surface area contributed by atoms with Gasteiger partial charge in [0.05, 0.1) is 36.2 Å². The number of β-amino-alcohol motifs (C(OH)–C–C–N with tert-alkyl or cyclic N) is 1. The average molecular weight is 1010 g/mol. The number of aliphatic hydroxyl groups excluding tert-OH is 1. The highest BCUT2D eigenvalue weighted by atomic mass is 35.5. The first-order valence-corrected chi connectivity index (χ1v) is 25.6. The fourth-order valence-electron chi connectivity index (χ4n) is 10.0. The van der Waals surface area contributed by atoms with Crippen molar-refractivity contribution in [1.29, 1.82) is 0 Å². The van der Waals surface area contributed by atoms with E-state index in [2.05, 4.69) is 44.8 Å². The lowest BCUT2D eigenvalue weighted by Crippen LogP contribution is -2.49. The molecule has 3 N–H and O–H groups in total. The number of aliphatic hydroxyl groups is 1. The molecule has 16 nitrogen and oxygen atoms in total. The summed E-state index contributed by atoms with van der Waals surface area (Å²) in [6.07, 6.45) is 5.54. The monoisotopic (exact) mass is 1010 g/mol. The minimum Gasteiger partial charge on any atom is -0.490 e. The molecule has 1 saturated heterocycles. The normalized spacial score (nSPS) is 20.2. The van der Waals surface area contributed by atoms with E-state index in [0.717, 1.165) is 61.2 Å². The third kappa shape index (κ3) is 9.60. The van der Waals surface area contributed by atoms with Gasteiger partial charge in [-0.05, 0) is 81.5 Å². The number of oxazole rings is 1. The summed E-state index contributed by atoms with van der Waals surface area (Å²) in [4.78, 5) is 54.1. The number of nitrogens with zero attached hydrogens (tertiary/aromatic N) is 8. The molecule has 3 aromatic carbocycles. The Morgan fingerprint density at radius 2 is 1.68 bits per heavy atom. The first-order chi connectivity index (χ1) is 34.6. The number of nitrogens with one attached hydrogen (secondary N) is 2. The van der Waals surface area contributed by atoms with Crippen molar-refractivity contribution in [3.8, 4) is 33.2 Å². The number of fused-ring (bicyclic) bond motifs is 3. The lowest BCUT2D eigenvalue weighted by molar-refractivity contribution is -0.142. The molecule has 0 unspecified atom stereocenters. The van der Waals surface area contributed by atoms with Gasteiger partial charge in [0, 0.05) is 70.2 Å². The molecule has 3 aliphatic rings. The predicted octanol–water partition coefficient (Wildman–Crippen LogP) is 8.78. The van der Waals surface area contributed by atoms with Gasteiger partial charge in [0.25, 0.3) is 0 Å². The second-order valence-electron chi connectivity index (χ2n) is 19.5. The summed E-state index contributed by atoms with van der Waals surface area (Å²) in [5.41, 5.74) is 8.05. The number of halogens is 1. The molecule has 2 aliphatic heterocycles. The molecule has 3 amide bonds. The van der Waals surface area contributed by atoms with Gasteiger partial charge in [-0.2, -0.15) is 5.10 Å². The van der Waals surface area contributed by atoms with Gasteiger partial charge in [0.2, 0.25) is 17.7 Å². The number of benzene rings is 3. The summed E-state index contributed by atoms with van der Waals surface area (Å²) in [5.74, 6) is 1.80. The van der Waals surface area contributed by atoms with E-state index in [1.165, 1.54) is 16.2 Å². The van der Waals surface area contributed by atoms with E-state index in [9.17, 15) is 19.5 Å². The number of hydrogen-bond acceptors (Lipinski definition) is 12. The van der Waals surface area contributed by atoms with E-state index in [0.29, 0.717) is 35.2 Å². The SMILES string of the molecule is Cc1ncoc1-c1ccc([C@H](C)NC(=O)[C@@H]2C[C@@H](O)CN2C(=O)[C@H](C(C)C)n2cc(-c3cccc(O[C@H]4C[C@@H](NC(=O)C[C@@H]5N=C(c6ccc(Cl)cc6)c6c(sc(C)c6C)-n6c(C)nnc65)C4)c3)cn2)cc1. The van der Waals surface area contributed by atoms with Gasteiger partial charge in [-0.1, -0.05) is 74.0 Å². The lowest BCUT2D eigenvalue weighted by Gasteiger charge is -2.36. The summed E-state index contributed by atoms with van der Waals surface area (Å²) in [7, 11) is 0. The van der Waals surface area contributed by atoms with Crippen LogP contribution in [0.4, 0.5) is 0 Å². The Labute approximate surface area is 426 Å². The number of aromatic nitrogens is 6. The molecule has 1 saturated carbocycles. The van der Waals surface area contributed by atoms with Gasteiger partial charge in [-0.25, -0.2) is 4.98 Å². The number of amides is 3. The Bertz CT molecular complexity index is 3190. The molecule has 1 aliphatic carbocycles. The molecule has 0 bridgehead atoms. The third-order valence-corrected chi connectivity index (χ3v) is 15.5. The van der Waals surface area contributed by atoms with Gasteiger partial charge in [-0.3, -0.25) is 28.6 Å². The van der Waals surface area contributed by atoms with Gasteiger partial charge in [0.1, 0.15) is 40.8 Å². The van der Waals surface area contributed by atoms with E-state index >= 15 is 0 Å². The van der Waals surface area contributed by atoms with Gasteiger partial charge >= 0.3 is 0 Å². The number of thiophene rings is 1. The standard InChI is InChI=1S/C54H57ClN10O6S/c1-28(2)49(53(69)63-26-41(66)22-45(63)52(68)58-30(4)34-11-13-36(14-12-34)50-31(5)56-27-70-50)64-25-38(24-57-64)37-9-8-10-42(19-37)71-43-20-40(21-43)59-46(67)23-44-51-62-61-33(7)65(51)54-47(29(3)32(6)72-54)48(60-44)35-15-17-39(55)18-16-35/h8-19,24-25,27-28,30,40-41,43-45,49,66H,20-23,26H2,1-7H3,(H,58,68)(H,59,67)/t30-,40-,41+,43+,44-,45-,49-/m0/s1. The van der Waals surface area contributed by atoms with Crippen LogP contribution < -0.4 is 15.4 Å². The largest absolute Gasteiger partial charge is 0.490 e. The van der Waals surface area contributed by atoms with Crippen molar-refractivity contribution in [1.82, 2.24) is 45.1 Å². The van der Waals surface area contributed by atoms with Crippen molar-refractivity contribution >= 4 is 46.4 Å². The zero-order valence-electron chi connectivity index (χ0n) is 41.2. The molecule has 5 atom stereocenters. The van der Waals surface area contributed by atoms with Crippen LogP contribution in [0.3, 0.4) is 0 Å². The maximum Gasteiger partial charge on any atom is 0.248 e. The van der Waals surface area contributed by atoms with E-state index in [1.54, 1.807) is 22.2 Å². The summed E-state index contributed by atoms with van der Waals surface area (Å²) in [5, 5.41) is 32.3. The first kappa shape index (κ1) is 48.7. The van der Waals surface area contributed by atoms with Crippen LogP contribution in [0, 0.1) is 33.6 Å². The van der Waals surface area contributed by atoms with Crippen molar-refractivity contribution < 1.29 is 28.6 Å². The topological polar surface area (TPSA) is 195 Å². The Balaban J connectivity index is 0.762. The minimum absolute atomic E-state index is 0.0414. The van der Waals surface area contributed by atoms with E-state index in [1.807, 2.05) is 118 Å². The Morgan fingerprint density at radius 1 is 0.931 bits per heavy atom. The molecule has 2 fully saturated rings. The Kier molecular flexibility index (Phi) is 13.5. The van der Waals surface area contributed by atoms with Crippen LogP contribution in [0.1, 0.15) is 109 Å². The Hall–Kier alpha value is -6.95. The smallest absolute Gasteiger partial charge is 0.248 e. The predicted molar refractivity (Wildman–Crippen MR) is 274 cm³/mol. The first-order valence-electron chi connectivity index (χ1n) is 24.4. The van der Waals surface area contributed by atoms with Gasteiger partial charge in [0.15, 0.2) is 18.0 Å². The highest BCUT2D eigenvalue weighted by Gasteiger charge is 2.43. The summed E-state index contributed by atoms with van der Waals surface area (Å²) in [6.45, 7) is 13.8. The molecule has 7 aromatic rings. The van der Waals surface area contributed by atoms with Crippen LogP contribution >= 0.6 is 22.9 Å². The highest BCUT2D eigenvalue weighted by molar-refractivity contribution is 7.15. The molecule has 0 spiro atoms. The van der Waals surface area contributed by atoms with Crippen LogP contribution in [0.15, 0.2) is 101 Å². The van der Waals surface area contributed by atoms with E-state index < -0.39 is 24.2 Å². The van der Waals surface area contributed by atoms with Crippen molar-refractivity contribution in [2.75, 3.05) is 6.54 Å². The average Bonchev–Trinajstić information content (AvgIpc) is 4.19. The molecule has 0 radical (unpaired) electrons. The summed E-state index contributed by atoms with van der Waals surface area (Å²) in [6, 6.07) is 20.5. The molecule has 6 heterocycles. The highest BCUT2D eigenvalue weighted by Crippen LogP contribution is 2.40. The zero-order valence-corrected chi connectivity index (χ0v) is 42.7. The third-order valence-electron chi connectivity index (χ3n) is 14.1. The summed E-state index contributed by atoms with van der Waals surface area (Å²) < 4.78 is 15.6. The molecular formula is C54H57ClN10O6S. The number of aliphatic imine (C=N–C) groups is 1. The maximum absolute atomic E-state index is 14.4. The van der Waals surface area contributed by atoms with Crippen LogP contribution in [-0.4, -0.2) is 93.8 Å². The molecule has 72 heavy (non-hydrogen) atoms. The number of likely N-dealkylation sites (tertiary alicyclic amines) is 1. The second kappa shape index (κ2) is 19.9. The van der Waals surface area contributed by atoms with Crippen molar-refractivity contribution in [3.63, 3.8) is 0 Å². The minimum atomic E-state index is -0.850. The number of carbonyl (C=O) groups is 3. The summed E-state index contributed by atoms with van der Waals surface area (Å²) >= 11 is 7.96. The van der Waals surface area contributed by atoms with E-state index in [4.69, 9.17) is 25.7 Å². The molecule has 18 heteroatoms. The number of aryl methyl sites for hydroxylation is 3. The van der Waals surface area contributed by atoms with Crippen LogP contribution in [0.2, 0.25) is 5.02 Å². The second-order valence-corrected chi connectivity index (χ2v) is 21.2. The lowest BCUT2D eigenvalue weighted by atomic mass is 9.89. The van der Waals surface area contributed by atoms with Gasteiger partial charge in [-0.15, -0.1) is 21.5 Å². The fourth-order valence-corrected chi connectivity index (χ4v) is 11.4. The molecule has 372 valence electrons. The number of ether oxygens (including phenoxy) is 1. The number of hydrogen-bond donors (Lipinski definition) is 3. The number of rotatable bonds is 14. The van der Waals surface area contributed by atoms with Crippen molar-refractivity contribution in [2.24, 2.45) is 10.9 Å². The van der Waals surface area contributed by atoms with Gasteiger partial charge < -0.3 is 29.8 Å². The fraction of sp³-hybridized carbons (Fsp3) is 0.370. The molecule has 4 aromatic heterocycles. The maximum atomic E-state index is 14.4. The van der Waals surface area contributed by atoms with Crippen LogP contribution in [-0.2, 0) is 14.4 Å². The Morgan fingerprint density at radius 3 is 2.40 bits per heavy atom. The van der Waals surface area contributed by atoms with E-state index in [-0.39, 0.29) is 61.2 Å². The van der Waals surface area contributed by atoms with Crippen molar-refractivity contribution in [2.45, 2.75) is 117 Å². The van der Waals surface area contributed by atoms with Crippen LogP contribution in [0.5, 0.6) is 5.75 Å². The zero-order chi connectivity index (χ0) is 50.5. The molecular weight excluding hydrogens is 952 g/mol. The van der Waals surface area contributed by atoms with Crippen LogP contribution in [0.25, 0.3) is 27.5 Å². The van der Waals surface area contributed by atoms with Crippen molar-refractivity contribution in [3.05, 3.63) is 141 Å². The quantitative estimate of drug-likeness (QED) is 0.0948. The molecule has 10 rings (SSSR count). The number of carbonyl (C=O) groups excluding carboxylic acids is 3.